The Balaban J connectivity index is 2.02. The second-order valence-electron chi connectivity index (χ2n) is 5.51. The Morgan fingerprint density at radius 1 is 1.27 bits per heavy atom. The molecule has 0 amide bonds. The number of pyridine rings is 1. The molecular formula is C20H15BrNO4-. The summed E-state index contributed by atoms with van der Waals surface area (Å²) >= 11 is 3.24. The molecule has 3 rings (SSSR count). The molecule has 3 aromatic rings. The van der Waals surface area contributed by atoms with Crippen LogP contribution in [0.25, 0.3) is 23.1 Å². The number of carbonyl (C=O) groups is 1. The number of aromatic carboxylic acids is 1. The SMILES string of the molecule is CCOc1cc(/C=C/c2cc(C(=O)O)c3ccccc3n2)cc(Br)c1[O-]. The van der Waals surface area contributed by atoms with Crippen molar-refractivity contribution in [1.82, 2.24) is 4.98 Å². The third-order valence-electron chi connectivity index (χ3n) is 3.74. The molecule has 6 heteroatoms. The molecule has 0 saturated heterocycles. The van der Waals surface area contributed by atoms with Gasteiger partial charge >= 0.3 is 5.97 Å². The number of carboxylic acid groups (broad SMARTS) is 1. The van der Waals surface area contributed by atoms with Crippen LogP contribution in [0.15, 0.2) is 46.9 Å². The quantitative estimate of drug-likeness (QED) is 0.673. The van der Waals surface area contributed by atoms with Crippen molar-refractivity contribution >= 4 is 45.0 Å². The monoisotopic (exact) mass is 412 g/mol. The van der Waals surface area contributed by atoms with Crippen LogP contribution in [-0.2, 0) is 0 Å². The number of fused-ring (bicyclic) bond motifs is 1. The van der Waals surface area contributed by atoms with Crippen LogP contribution in [0, 0.1) is 0 Å². The van der Waals surface area contributed by atoms with Crippen molar-refractivity contribution in [2.75, 3.05) is 6.61 Å². The Morgan fingerprint density at radius 3 is 2.77 bits per heavy atom. The van der Waals surface area contributed by atoms with Crippen LogP contribution in [0.3, 0.4) is 0 Å². The number of halogens is 1. The lowest BCUT2D eigenvalue weighted by atomic mass is 10.1. The van der Waals surface area contributed by atoms with Gasteiger partial charge in [0.1, 0.15) is 5.75 Å². The van der Waals surface area contributed by atoms with Crippen molar-refractivity contribution in [3.8, 4) is 11.5 Å². The summed E-state index contributed by atoms with van der Waals surface area (Å²) < 4.78 is 5.75. The zero-order chi connectivity index (χ0) is 18.7. The molecule has 1 heterocycles. The van der Waals surface area contributed by atoms with E-state index < -0.39 is 5.97 Å². The van der Waals surface area contributed by atoms with Gasteiger partial charge in [0.15, 0.2) is 0 Å². The summed E-state index contributed by atoms with van der Waals surface area (Å²) in [5.74, 6) is -0.949. The number of carboxylic acids is 1. The van der Waals surface area contributed by atoms with Crippen LogP contribution in [0.5, 0.6) is 11.5 Å². The molecule has 0 saturated carbocycles. The minimum atomic E-state index is -1.00. The van der Waals surface area contributed by atoms with Gasteiger partial charge in [0.25, 0.3) is 0 Å². The number of para-hydroxylation sites is 1. The van der Waals surface area contributed by atoms with Gasteiger partial charge in [-0.1, -0.05) is 46.0 Å². The number of benzene rings is 2. The Kier molecular flexibility index (Phi) is 5.23. The fraction of sp³-hybridized carbons (Fsp3) is 0.100. The van der Waals surface area contributed by atoms with E-state index in [1.165, 1.54) is 6.07 Å². The molecule has 1 aromatic heterocycles. The van der Waals surface area contributed by atoms with E-state index in [0.29, 0.717) is 27.7 Å². The lowest BCUT2D eigenvalue weighted by Crippen LogP contribution is -2.00. The average Bonchev–Trinajstić information content (AvgIpc) is 2.63. The summed E-state index contributed by atoms with van der Waals surface area (Å²) in [5.41, 5.74) is 2.06. The number of rotatable bonds is 5. The second kappa shape index (κ2) is 7.58. The molecule has 0 atom stereocenters. The minimum absolute atomic E-state index is 0.196. The van der Waals surface area contributed by atoms with E-state index in [4.69, 9.17) is 4.74 Å². The molecule has 0 unspecified atom stereocenters. The zero-order valence-electron chi connectivity index (χ0n) is 13.9. The number of ether oxygens (including phenoxy) is 1. The van der Waals surface area contributed by atoms with Gasteiger partial charge in [-0.25, -0.2) is 9.78 Å². The van der Waals surface area contributed by atoms with Crippen LogP contribution in [0.4, 0.5) is 0 Å². The van der Waals surface area contributed by atoms with Crippen LogP contribution < -0.4 is 9.84 Å². The second-order valence-corrected chi connectivity index (χ2v) is 6.37. The van der Waals surface area contributed by atoms with E-state index >= 15 is 0 Å². The molecule has 0 radical (unpaired) electrons. The van der Waals surface area contributed by atoms with Crippen LogP contribution in [-0.4, -0.2) is 22.7 Å². The summed E-state index contributed by atoms with van der Waals surface area (Å²) in [5, 5.41) is 22.0. The molecule has 1 N–H and O–H groups in total. The first-order valence-electron chi connectivity index (χ1n) is 7.94. The maximum absolute atomic E-state index is 12.0. The van der Waals surface area contributed by atoms with Gasteiger partial charge in [-0.05, 0) is 42.8 Å². The minimum Gasteiger partial charge on any atom is -0.869 e. The van der Waals surface area contributed by atoms with Gasteiger partial charge in [-0.15, -0.1) is 0 Å². The topological polar surface area (TPSA) is 82.5 Å². The molecule has 0 bridgehead atoms. The number of aromatic nitrogens is 1. The summed E-state index contributed by atoms with van der Waals surface area (Å²) in [4.78, 5) is 16.0. The van der Waals surface area contributed by atoms with Crippen LogP contribution in [0.1, 0.15) is 28.5 Å². The van der Waals surface area contributed by atoms with Gasteiger partial charge in [-0.3, -0.25) is 0 Å². The molecule has 132 valence electrons. The van der Waals surface area contributed by atoms with Crippen molar-refractivity contribution in [3.63, 3.8) is 0 Å². The molecular weight excluding hydrogens is 398 g/mol. The number of hydrogen-bond acceptors (Lipinski definition) is 4. The normalized spacial score (nSPS) is 11.2. The van der Waals surface area contributed by atoms with E-state index in [-0.39, 0.29) is 17.1 Å². The highest BCUT2D eigenvalue weighted by Gasteiger charge is 2.10. The fourth-order valence-electron chi connectivity index (χ4n) is 2.59. The summed E-state index contributed by atoms with van der Waals surface area (Å²) in [6, 6.07) is 12.0. The maximum Gasteiger partial charge on any atom is 0.336 e. The Hall–Kier alpha value is -2.86. The van der Waals surface area contributed by atoms with Crippen LogP contribution >= 0.6 is 15.9 Å². The van der Waals surface area contributed by atoms with Crippen molar-refractivity contribution in [2.45, 2.75) is 6.92 Å². The number of hydrogen-bond donors (Lipinski definition) is 1. The standard InChI is InChI=1S/C20H16BrNO4/c1-2-26-18-10-12(9-16(21)19(18)23)7-8-13-11-15(20(24)25)14-5-3-4-6-17(14)22-13/h3-11,23H,2H2,1H3,(H,24,25)/p-1/b8-7+. The average molecular weight is 413 g/mol. The predicted molar refractivity (Wildman–Crippen MR) is 102 cm³/mol. The van der Waals surface area contributed by atoms with E-state index in [9.17, 15) is 15.0 Å². The molecule has 0 aliphatic carbocycles. The van der Waals surface area contributed by atoms with Crippen LogP contribution in [0.2, 0.25) is 0 Å². The number of nitrogens with zero attached hydrogens (tertiary/aromatic N) is 1. The fourth-order valence-corrected chi connectivity index (χ4v) is 3.05. The van der Waals surface area contributed by atoms with Gasteiger partial charge in [0, 0.05) is 9.86 Å². The smallest absolute Gasteiger partial charge is 0.336 e. The van der Waals surface area contributed by atoms with E-state index in [1.807, 2.05) is 13.0 Å². The van der Waals surface area contributed by atoms with Crippen molar-refractivity contribution in [3.05, 3.63) is 63.8 Å². The largest absolute Gasteiger partial charge is 0.869 e. The molecule has 0 aliphatic rings. The summed E-state index contributed by atoms with van der Waals surface area (Å²) in [6.45, 7) is 2.20. The molecule has 0 aliphatic heterocycles. The summed E-state index contributed by atoms with van der Waals surface area (Å²) in [7, 11) is 0. The lowest BCUT2D eigenvalue weighted by molar-refractivity contribution is -0.271. The molecule has 0 fully saturated rings. The lowest BCUT2D eigenvalue weighted by Gasteiger charge is -2.16. The zero-order valence-corrected chi connectivity index (χ0v) is 15.5. The molecule has 0 spiro atoms. The first-order chi connectivity index (χ1) is 12.5. The van der Waals surface area contributed by atoms with Gasteiger partial charge in [0.05, 0.1) is 23.4 Å². The van der Waals surface area contributed by atoms with Gasteiger partial charge < -0.3 is 14.9 Å². The Bertz CT molecular complexity index is 1010. The Labute approximate surface area is 158 Å². The highest BCUT2D eigenvalue weighted by atomic mass is 79.9. The Morgan fingerprint density at radius 2 is 2.04 bits per heavy atom. The third-order valence-corrected chi connectivity index (χ3v) is 4.33. The van der Waals surface area contributed by atoms with Crippen molar-refractivity contribution in [1.29, 1.82) is 0 Å². The van der Waals surface area contributed by atoms with E-state index in [1.54, 1.807) is 42.5 Å². The highest BCUT2D eigenvalue weighted by molar-refractivity contribution is 9.10. The van der Waals surface area contributed by atoms with Gasteiger partial charge in [0.2, 0.25) is 0 Å². The van der Waals surface area contributed by atoms with Crippen molar-refractivity contribution in [2.24, 2.45) is 0 Å². The summed E-state index contributed by atoms with van der Waals surface area (Å²) in [6.07, 6.45) is 3.47. The van der Waals surface area contributed by atoms with Gasteiger partial charge in [-0.2, -0.15) is 0 Å². The first-order valence-corrected chi connectivity index (χ1v) is 8.73. The van der Waals surface area contributed by atoms with Crippen molar-refractivity contribution < 1.29 is 19.7 Å². The maximum atomic E-state index is 12.0. The molecule has 26 heavy (non-hydrogen) atoms. The molecule has 2 aromatic carbocycles. The molecule has 5 nitrogen and oxygen atoms in total. The highest BCUT2D eigenvalue weighted by Crippen LogP contribution is 2.33. The van der Waals surface area contributed by atoms with E-state index in [0.717, 1.165) is 5.56 Å². The van der Waals surface area contributed by atoms with E-state index in [2.05, 4.69) is 20.9 Å². The first kappa shape index (κ1) is 17.9. The predicted octanol–water partition coefficient (Wildman–Crippen LogP) is 4.34. The third kappa shape index (κ3) is 3.70.